The third kappa shape index (κ3) is 3.82. The van der Waals surface area contributed by atoms with Crippen molar-refractivity contribution in [1.82, 2.24) is 20.1 Å². The highest BCUT2D eigenvalue weighted by Gasteiger charge is 2.19. The van der Waals surface area contributed by atoms with Crippen LogP contribution >= 0.6 is 0 Å². The molecule has 0 saturated carbocycles. The van der Waals surface area contributed by atoms with E-state index in [1.165, 1.54) is 5.69 Å². The SMILES string of the molecule is CCOc1cc(-c2ccc(N3CCNCC3)cc2)nc2c1c(CC)nn2-c1ccccc1. The molecule has 5 rings (SSSR count). The van der Waals surface area contributed by atoms with Gasteiger partial charge in [0.2, 0.25) is 0 Å². The molecule has 6 nitrogen and oxygen atoms in total. The Bertz CT molecular complexity index is 1190. The van der Waals surface area contributed by atoms with Gasteiger partial charge in [-0.15, -0.1) is 0 Å². The predicted octanol–water partition coefficient (Wildman–Crippen LogP) is 4.46. The fourth-order valence-electron chi connectivity index (χ4n) is 4.33. The molecule has 1 aliphatic heterocycles. The molecule has 4 aromatic rings. The summed E-state index contributed by atoms with van der Waals surface area (Å²) in [5, 5.41) is 9.30. The smallest absolute Gasteiger partial charge is 0.167 e. The highest BCUT2D eigenvalue weighted by molar-refractivity contribution is 5.89. The Labute approximate surface area is 188 Å². The summed E-state index contributed by atoms with van der Waals surface area (Å²) in [6.07, 6.45) is 0.816. The Kier molecular flexibility index (Phi) is 5.77. The molecule has 2 aromatic heterocycles. The van der Waals surface area contributed by atoms with Crippen LogP contribution in [-0.4, -0.2) is 47.6 Å². The van der Waals surface area contributed by atoms with Gasteiger partial charge in [-0.05, 0) is 37.6 Å². The van der Waals surface area contributed by atoms with E-state index in [-0.39, 0.29) is 0 Å². The number of pyridine rings is 1. The van der Waals surface area contributed by atoms with Gasteiger partial charge in [-0.25, -0.2) is 9.67 Å². The topological polar surface area (TPSA) is 55.2 Å². The van der Waals surface area contributed by atoms with E-state index in [1.807, 2.05) is 29.8 Å². The van der Waals surface area contributed by atoms with Gasteiger partial charge in [-0.1, -0.05) is 37.3 Å². The number of aryl methyl sites for hydroxylation is 1. The molecule has 1 N–H and O–H groups in total. The van der Waals surface area contributed by atoms with Crippen molar-refractivity contribution in [3.8, 4) is 22.7 Å². The highest BCUT2D eigenvalue weighted by atomic mass is 16.5. The summed E-state index contributed by atoms with van der Waals surface area (Å²) in [7, 11) is 0. The number of para-hydroxylation sites is 1. The minimum absolute atomic E-state index is 0.597. The number of fused-ring (bicyclic) bond motifs is 1. The predicted molar refractivity (Wildman–Crippen MR) is 130 cm³/mol. The summed E-state index contributed by atoms with van der Waals surface area (Å²) in [5.74, 6) is 0.845. The second kappa shape index (κ2) is 9.01. The first-order valence-electron chi connectivity index (χ1n) is 11.5. The zero-order chi connectivity index (χ0) is 21.9. The van der Waals surface area contributed by atoms with Gasteiger partial charge in [-0.3, -0.25) is 0 Å². The fourth-order valence-corrected chi connectivity index (χ4v) is 4.33. The molecule has 0 unspecified atom stereocenters. The third-order valence-corrected chi connectivity index (χ3v) is 5.95. The van der Waals surface area contributed by atoms with Gasteiger partial charge in [-0.2, -0.15) is 5.10 Å². The molecule has 0 atom stereocenters. The number of hydrogen-bond donors (Lipinski definition) is 1. The van der Waals surface area contributed by atoms with E-state index in [0.717, 1.165) is 72.0 Å². The van der Waals surface area contributed by atoms with Crippen LogP contribution in [0, 0.1) is 0 Å². The number of piperazine rings is 1. The number of rotatable bonds is 6. The van der Waals surface area contributed by atoms with Gasteiger partial charge in [0.15, 0.2) is 5.65 Å². The van der Waals surface area contributed by atoms with Gasteiger partial charge in [0, 0.05) is 43.5 Å². The molecule has 1 fully saturated rings. The average Bonchev–Trinajstić information content (AvgIpc) is 3.24. The number of nitrogens with one attached hydrogen (secondary N) is 1. The van der Waals surface area contributed by atoms with Crippen LogP contribution in [0.1, 0.15) is 19.5 Å². The second-order valence-corrected chi connectivity index (χ2v) is 7.97. The Morgan fingerprint density at radius 3 is 2.38 bits per heavy atom. The maximum atomic E-state index is 6.08. The Morgan fingerprint density at radius 1 is 0.938 bits per heavy atom. The normalized spacial score (nSPS) is 14.1. The quantitative estimate of drug-likeness (QED) is 0.492. The molecule has 0 amide bonds. The monoisotopic (exact) mass is 427 g/mol. The first-order valence-corrected chi connectivity index (χ1v) is 11.5. The molecule has 6 heteroatoms. The average molecular weight is 428 g/mol. The van der Waals surface area contributed by atoms with Gasteiger partial charge in [0.1, 0.15) is 5.75 Å². The fraction of sp³-hybridized carbons (Fsp3) is 0.308. The molecule has 3 heterocycles. The Balaban J connectivity index is 1.62. The van der Waals surface area contributed by atoms with Crippen molar-refractivity contribution in [3.63, 3.8) is 0 Å². The van der Waals surface area contributed by atoms with Crippen molar-refractivity contribution in [3.05, 3.63) is 66.4 Å². The molecule has 0 aliphatic carbocycles. The summed E-state index contributed by atoms with van der Waals surface area (Å²) >= 11 is 0. The molecule has 0 bridgehead atoms. The summed E-state index contributed by atoms with van der Waals surface area (Å²) in [4.78, 5) is 7.49. The summed E-state index contributed by atoms with van der Waals surface area (Å²) < 4.78 is 8.02. The number of ether oxygens (including phenoxy) is 1. The van der Waals surface area contributed by atoms with E-state index in [4.69, 9.17) is 14.8 Å². The van der Waals surface area contributed by atoms with Crippen molar-refractivity contribution >= 4 is 16.7 Å². The van der Waals surface area contributed by atoms with E-state index in [0.29, 0.717) is 6.61 Å². The number of anilines is 1. The lowest BCUT2D eigenvalue weighted by atomic mass is 10.1. The van der Waals surface area contributed by atoms with E-state index < -0.39 is 0 Å². The first kappa shape index (κ1) is 20.5. The van der Waals surface area contributed by atoms with Gasteiger partial charge in [0.25, 0.3) is 0 Å². The standard InChI is InChI=1S/C26H29N5O/c1-3-22-25-24(32-4-2)18-23(28-26(25)31(29-22)21-8-6-5-7-9-21)19-10-12-20(13-11-19)30-16-14-27-15-17-30/h5-13,18,27H,3-4,14-17H2,1-2H3. The first-order chi connectivity index (χ1) is 15.8. The highest BCUT2D eigenvalue weighted by Crippen LogP contribution is 2.34. The lowest BCUT2D eigenvalue weighted by molar-refractivity contribution is 0.344. The van der Waals surface area contributed by atoms with Crippen molar-refractivity contribution in [1.29, 1.82) is 0 Å². The molecule has 1 saturated heterocycles. The lowest BCUT2D eigenvalue weighted by Gasteiger charge is -2.29. The molecule has 32 heavy (non-hydrogen) atoms. The zero-order valence-corrected chi connectivity index (χ0v) is 18.7. The molecular weight excluding hydrogens is 398 g/mol. The van der Waals surface area contributed by atoms with Crippen molar-refractivity contribution < 1.29 is 4.74 Å². The number of nitrogens with zero attached hydrogens (tertiary/aromatic N) is 4. The minimum Gasteiger partial charge on any atom is -0.493 e. The molecule has 164 valence electrons. The van der Waals surface area contributed by atoms with Crippen molar-refractivity contribution in [2.75, 3.05) is 37.7 Å². The number of hydrogen-bond acceptors (Lipinski definition) is 5. The maximum Gasteiger partial charge on any atom is 0.167 e. The molecule has 0 radical (unpaired) electrons. The molecule has 0 spiro atoms. The van der Waals surface area contributed by atoms with Gasteiger partial charge < -0.3 is 15.0 Å². The zero-order valence-electron chi connectivity index (χ0n) is 18.7. The lowest BCUT2D eigenvalue weighted by Crippen LogP contribution is -2.43. The van der Waals surface area contributed by atoms with Crippen LogP contribution in [-0.2, 0) is 6.42 Å². The van der Waals surface area contributed by atoms with Crippen molar-refractivity contribution in [2.45, 2.75) is 20.3 Å². The molecule has 2 aromatic carbocycles. The van der Waals surface area contributed by atoms with E-state index >= 15 is 0 Å². The Hall–Kier alpha value is -3.38. The summed E-state index contributed by atoms with van der Waals surface area (Å²) in [5.41, 5.74) is 6.06. The van der Waals surface area contributed by atoms with Crippen LogP contribution in [0.3, 0.4) is 0 Å². The number of benzene rings is 2. The van der Waals surface area contributed by atoms with Crippen LogP contribution < -0.4 is 15.0 Å². The van der Waals surface area contributed by atoms with Gasteiger partial charge >= 0.3 is 0 Å². The van der Waals surface area contributed by atoms with Gasteiger partial charge in [0.05, 0.1) is 29.1 Å². The maximum absolute atomic E-state index is 6.08. The van der Waals surface area contributed by atoms with Crippen LogP contribution in [0.4, 0.5) is 5.69 Å². The second-order valence-electron chi connectivity index (χ2n) is 7.97. The molecular formula is C26H29N5O. The molecule has 1 aliphatic rings. The summed E-state index contributed by atoms with van der Waals surface area (Å²) in [6.45, 7) is 8.86. The van der Waals surface area contributed by atoms with E-state index in [1.54, 1.807) is 0 Å². The van der Waals surface area contributed by atoms with Crippen molar-refractivity contribution in [2.24, 2.45) is 0 Å². The minimum atomic E-state index is 0.597. The van der Waals surface area contributed by atoms with Crippen LogP contribution in [0.2, 0.25) is 0 Å². The third-order valence-electron chi connectivity index (χ3n) is 5.95. The Morgan fingerprint density at radius 2 is 1.69 bits per heavy atom. The van der Waals surface area contributed by atoms with E-state index in [2.05, 4.69) is 59.6 Å². The van der Waals surface area contributed by atoms with E-state index in [9.17, 15) is 0 Å². The summed E-state index contributed by atoms with van der Waals surface area (Å²) in [6, 6.07) is 20.9. The van der Waals surface area contributed by atoms with Crippen LogP contribution in [0.5, 0.6) is 5.75 Å². The van der Waals surface area contributed by atoms with Crippen LogP contribution in [0.15, 0.2) is 60.7 Å². The largest absolute Gasteiger partial charge is 0.493 e. The number of aromatic nitrogens is 3. The van der Waals surface area contributed by atoms with Crippen LogP contribution in [0.25, 0.3) is 28.0 Å².